The van der Waals surface area contributed by atoms with Crippen LogP contribution in [0.1, 0.15) is 11.1 Å². The number of benzene rings is 2. The second-order valence-electron chi connectivity index (χ2n) is 4.63. The number of amides is 1. The van der Waals surface area contributed by atoms with E-state index in [0.29, 0.717) is 26.4 Å². The molecule has 4 nitrogen and oxygen atoms in total. The van der Waals surface area contributed by atoms with E-state index in [2.05, 4.69) is 10.5 Å². The van der Waals surface area contributed by atoms with Gasteiger partial charge in [-0.15, -0.1) is 0 Å². The molecule has 0 heterocycles. The second-order valence-corrected chi connectivity index (χ2v) is 5.85. The Bertz CT molecular complexity index is 728. The third-order valence-corrected chi connectivity index (χ3v) is 3.97. The van der Waals surface area contributed by atoms with Gasteiger partial charge in [-0.2, -0.15) is 5.10 Å². The maximum absolute atomic E-state index is 11.7. The van der Waals surface area contributed by atoms with Crippen LogP contribution in [0.2, 0.25) is 15.1 Å². The van der Waals surface area contributed by atoms with Crippen LogP contribution in [0.5, 0.6) is 5.75 Å². The van der Waals surface area contributed by atoms with Crippen molar-refractivity contribution in [1.29, 1.82) is 0 Å². The Kier molecular flexibility index (Phi) is 6.28. The van der Waals surface area contributed by atoms with Gasteiger partial charge >= 0.3 is 0 Å². The van der Waals surface area contributed by atoms with Crippen molar-refractivity contribution in [3.05, 3.63) is 62.6 Å². The lowest BCUT2D eigenvalue weighted by molar-refractivity contribution is -0.123. The Hall–Kier alpha value is -1.75. The van der Waals surface area contributed by atoms with E-state index in [4.69, 9.17) is 39.5 Å². The summed E-state index contributed by atoms with van der Waals surface area (Å²) in [6.07, 6.45) is 1.38. The number of hydrogen-bond acceptors (Lipinski definition) is 3. The highest BCUT2D eigenvalue weighted by Crippen LogP contribution is 2.22. The summed E-state index contributed by atoms with van der Waals surface area (Å²) in [5.74, 6) is 0.150. The Morgan fingerprint density at radius 3 is 2.52 bits per heavy atom. The number of carbonyl (C=O) groups is 1. The van der Waals surface area contributed by atoms with Crippen molar-refractivity contribution in [2.75, 3.05) is 6.61 Å². The molecule has 1 N–H and O–H groups in total. The normalized spacial score (nSPS) is 10.8. The zero-order valence-electron chi connectivity index (χ0n) is 12.1. The average Bonchev–Trinajstić information content (AvgIpc) is 2.51. The van der Waals surface area contributed by atoms with E-state index < -0.39 is 5.91 Å². The molecule has 0 atom stereocenters. The Morgan fingerprint density at radius 2 is 1.87 bits per heavy atom. The predicted molar refractivity (Wildman–Crippen MR) is 93.9 cm³/mol. The van der Waals surface area contributed by atoms with Gasteiger partial charge in [0.2, 0.25) is 0 Å². The number of aryl methyl sites for hydroxylation is 1. The monoisotopic (exact) mass is 370 g/mol. The van der Waals surface area contributed by atoms with Crippen LogP contribution in [0.25, 0.3) is 0 Å². The number of carbonyl (C=O) groups excluding carboxylic acids is 1. The summed E-state index contributed by atoms with van der Waals surface area (Å²) in [5, 5.41) is 5.35. The summed E-state index contributed by atoms with van der Waals surface area (Å²) < 4.78 is 5.36. The van der Waals surface area contributed by atoms with Crippen LogP contribution in [0, 0.1) is 6.92 Å². The maximum atomic E-state index is 11.7. The van der Waals surface area contributed by atoms with Crippen LogP contribution in [0.3, 0.4) is 0 Å². The van der Waals surface area contributed by atoms with Crippen LogP contribution in [-0.4, -0.2) is 18.7 Å². The molecule has 0 fully saturated rings. The van der Waals surface area contributed by atoms with Crippen molar-refractivity contribution in [3.8, 4) is 5.75 Å². The van der Waals surface area contributed by atoms with Crippen molar-refractivity contribution < 1.29 is 9.53 Å². The topological polar surface area (TPSA) is 50.7 Å². The molecule has 23 heavy (non-hydrogen) atoms. The highest BCUT2D eigenvalue weighted by molar-refractivity contribution is 6.38. The molecule has 0 radical (unpaired) electrons. The number of nitrogens with one attached hydrogen (secondary N) is 1. The molecule has 0 aromatic heterocycles. The van der Waals surface area contributed by atoms with Gasteiger partial charge < -0.3 is 4.74 Å². The summed E-state index contributed by atoms with van der Waals surface area (Å²) in [6.45, 7) is 1.68. The lowest BCUT2D eigenvalue weighted by atomic mass is 10.2. The summed E-state index contributed by atoms with van der Waals surface area (Å²) in [6, 6.07) is 10.2. The molecular formula is C16H13Cl3N2O2. The van der Waals surface area contributed by atoms with E-state index >= 15 is 0 Å². The summed E-state index contributed by atoms with van der Waals surface area (Å²) in [5.41, 5.74) is 3.75. The van der Waals surface area contributed by atoms with Gasteiger partial charge in [0.15, 0.2) is 6.61 Å². The molecule has 0 unspecified atom stereocenters. The van der Waals surface area contributed by atoms with Crippen molar-refractivity contribution in [2.45, 2.75) is 6.92 Å². The van der Waals surface area contributed by atoms with Crippen LogP contribution in [0.4, 0.5) is 0 Å². The smallest absolute Gasteiger partial charge is 0.277 e. The van der Waals surface area contributed by atoms with Crippen molar-refractivity contribution in [2.24, 2.45) is 5.10 Å². The van der Waals surface area contributed by atoms with E-state index in [0.717, 1.165) is 5.56 Å². The number of nitrogens with zero attached hydrogens (tertiary/aromatic N) is 1. The Balaban J connectivity index is 1.87. The highest BCUT2D eigenvalue weighted by atomic mass is 35.5. The van der Waals surface area contributed by atoms with E-state index in [1.807, 2.05) is 6.92 Å². The van der Waals surface area contributed by atoms with E-state index in [9.17, 15) is 4.79 Å². The predicted octanol–water partition coefficient (Wildman–Crippen LogP) is 4.48. The second kappa shape index (κ2) is 8.20. The molecular weight excluding hydrogens is 359 g/mol. The first kappa shape index (κ1) is 17.6. The third kappa shape index (κ3) is 5.13. The molecule has 2 aromatic carbocycles. The molecule has 0 aliphatic heterocycles. The van der Waals surface area contributed by atoms with E-state index in [1.54, 1.807) is 36.4 Å². The SMILES string of the molecule is Cc1cc(OCC(=O)N/N=C/c2c(Cl)cccc2Cl)ccc1Cl. The van der Waals surface area contributed by atoms with Crippen molar-refractivity contribution in [1.82, 2.24) is 5.43 Å². The van der Waals surface area contributed by atoms with Crippen molar-refractivity contribution in [3.63, 3.8) is 0 Å². The van der Waals surface area contributed by atoms with Gasteiger partial charge in [-0.05, 0) is 42.8 Å². The van der Waals surface area contributed by atoms with Gasteiger partial charge in [-0.25, -0.2) is 5.43 Å². The largest absolute Gasteiger partial charge is 0.484 e. The minimum atomic E-state index is -0.406. The molecule has 0 aliphatic carbocycles. The fraction of sp³-hybridized carbons (Fsp3) is 0.125. The molecule has 0 saturated carbocycles. The van der Waals surface area contributed by atoms with Crippen LogP contribution < -0.4 is 10.2 Å². The molecule has 0 spiro atoms. The van der Waals surface area contributed by atoms with Gasteiger partial charge in [0.1, 0.15) is 5.75 Å². The Labute approximate surface area is 149 Å². The number of hydrazone groups is 1. The number of rotatable bonds is 5. The highest BCUT2D eigenvalue weighted by Gasteiger charge is 2.05. The summed E-state index contributed by atoms with van der Waals surface area (Å²) >= 11 is 17.9. The average molecular weight is 372 g/mol. The molecule has 2 rings (SSSR count). The molecule has 7 heteroatoms. The fourth-order valence-electron chi connectivity index (χ4n) is 1.69. The zero-order valence-corrected chi connectivity index (χ0v) is 14.4. The first-order valence-corrected chi connectivity index (χ1v) is 7.75. The Morgan fingerprint density at radius 1 is 1.17 bits per heavy atom. The van der Waals surface area contributed by atoms with Crippen LogP contribution in [-0.2, 0) is 4.79 Å². The fourth-order valence-corrected chi connectivity index (χ4v) is 2.30. The number of hydrogen-bond donors (Lipinski definition) is 1. The lowest BCUT2D eigenvalue weighted by Gasteiger charge is -2.06. The molecule has 1 amide bonds. The maximum Gasteiger partial charge on any atom is 0.277 e. The van der Waals surface area contributed by atoms with Gasteiger partial charge in [-0.1, -0.05) is 40.9 Å². The molecule has 0 bridgehead atoms. The summed E-state index contributed by atoms with van der Waals surface area (Å²) in [7, 11) is 0. The van der Waals surface area contributed by atoms with Gasteiger partial charge in [0.25, 0.3) is 5.91 Å². The van der Waals surface area contributed by atoms with Gasteiger partial charge in [0.05, 0.1) is 16.3 Å². The zero-order chi connectivity index (χ0) is 16.8. The van der Waals surface area contributed by atoms with Gasteiger partial charge in [-0.3, -0.25) is 4.79 Å². The van der Waals surface area contributed by atoms with Crippen molar-refractivity contribution >= 4 is 46.9 Å². The minimum absolute atomic E-state index is 0.172. The molecule has 2 aromatic rings. The summed E-state index contributed by atoms with van der Waals surface area (Å²) in [4.78, 5) is 11.7. The van der Waals surface area contributed by atoms with Gasteiger partial charge in [0, 0.05) is 10.6 Å². The minimum Gasteiger partial charge on any atom is -0.484 e. The third-order valence-electron chi connectivity index (χ3n) is 2.88. The van der Waals surface area contributed by atoms with E-state index in [1.165, 1.54) is 6.21 Å². The quantitative estimate of drug-likeness (QED) is 0.622. The molecule has 120 valence electrons. The standard InChI is InChI=1S/C16H13Cl3N2O2/c1-10-7-11(5-6-13(10)17)23-9-16(22)21-20-8-12-14(18)3-2-4-15(12)19/h2-8H,9H2,1H3,(H,21,22)/b20-8+. The lowest BCUT2D eigenvalue weighted by Crippen LogP contribution is -2.24. The first-order chi connectivity index (χ1) is 11.0. The van der Waals surface area contributed by atoms with Crippen LogP contribution in [0.15, 0.2) is 41.5 Å². The first-order valence-electron chi connectivity index (χ1n) is 6.62. The number of ether oxygens (including phenoxy) is 1. The van der Waals surface area contributed by atoms with E-state index in [-0.39, 0.29) is 6.61 Å². The van der Waals surface area contributed by atoms with Crippen LogP contribution >= 0.6 is 34.8 Å². The molecule has 0 saturated heterocycles. The molecule has 0 aliphatic rings. The number of halogens is 3.